The van der Waals surface area contributed by atoms with Gasteiger partial charge in [-0.3, -0.25) is 0 Å². The molecule has 0 saturated heterocycles. The summed E-state index contributed by atoms with van der Waals surface area (Å²) < 4.78 is 42.3. The van der Waals surface area contributed by atoms with Gasteiger partial charge in [-0.2, -0.15) is 13.2 Å². The Balaban J connectivity index is 3.39. The van der Waals surface area contributed by atoms with Crippen LogP contribution in [-0.2, 0) is 12.7 Å². The normalized spacial score (nSPS) is 11.6. The summed E-state index contributed by atoms with van der Waals surface area (Å²) in [6, 6.07) is 2.29. The molecule has 0 amide bonds. The van der Waals surface area contributed by atoms with Crippen LogP contribution in [0, 0.1) is 0 Å². The molecule has 1 rings (SSSR count). The van der Waals surface area contributed by atoms with E-state index in [1.54, 1.807) is 0 Å². The molecule has 0 heterocycles. The fourth-order valence-electron chi connectivity index (χ4n) is 1.19. The lowest BCUT2D eigenvalue weighted by Crippen LogP contribution is -2.10. The standard InChI is InChI=1S/C9H9ClF3NO/c1-15-8-6(9(11,12)13)2-5(4-14)3-7(8)10/h2-3H,4,14H2,1H3. The lowest BCUT2D eigenvalue weighted by Gasteiger charge is -2.14. The van der Waals surface area contributed by atoms with E-state index in [-0.39, 0.29) is 17.3 Å². The van der Waals surface area contributed by atoms with Gasteiger partial charge in [-0.05, 0) is 17.7 Å². The van der Waals surface area contributed by atoms with Crippen LogP contribution >= 0.6 is 11.6 Å². The molecule has 0 aliphatic heterocycles. The van der Waals surface area contributed by atoms with E-state index < -0.39 is 11.7 Å². The summed E-state index contributed by atoms with van der Waals surface area (Å²) in [5.41, 5.74) is 4.66. The monoisotopic (exact) mass is 239 g/mol. The van der Waals surface area contributed by atoms with Gasteiger partial charge in [0.1, 0.15) is 5.75 Å². The van der Waals surface area contributed by atoms with Gasteiger partial charge < -0.3 is 10.5 Å². The highest BCUT2D eigenvalue weighted by Crippen LogP contribution is 2.40. The van der Waals surface area contributed by atoms with Gasteiger partial charge in [0, 0.05) is 6.54 Å². The Kier molecular flexibility index (Phi) is 3.46. The van der Waals surface area contributed by atoms with E-state index in [1.165, 1.54) is 6.07 Å². The summed E-state index contributed by atoms with van der Waals surface area (Å²) in [5.74, 6) is -0.374. The van der Waals surface area contributed by atoms with Gasteiger partial charge in [0.05, 0.1) is 17.7 Å². The van der Waals surface area contributed by atoms with Crippen LogP contribution in [0.2, 0.25) is 5.02 Å². The molecular formula is C9H9ClF3NO. The van der Waals surface area contributed by atoms with E-state index in [4.69, 9.17) is 17.3 Å². The third-order valence-corrected chi connectivity index (χ3v) is 2.13. The van der Waals surface area contributed by atoms with Gasteiger partial charge in [-0.15, -0.1) is 0 Å². The highest BCUT2D eigenvalue weighted by Gasteiger charge is 2.35. The van der Waals surface area contributed by atoms with Crippen molar-refractivity contribution < 1.29 is 17.9 Å². The zero-order chi connectivity index (χ0) is 11.6. The zero-order valence-corrected chi connectivity index (χ0v) is 8.62. The molecule has 1 aromatic carbocycles. The lowest BCUT2D eigenvalue weighted by molar-refractivity contribution is -0.138. The smallest absolute Gasteiger partial charge is 0.420 e. The Hall–Kier alpha value is -0.940. The quantitative estimate of drug-likeness (QED) is 0.861. The molecule has 0 atom stereocenters. The maximum absolute atomic E-state index is 12.6. The molecule has 0 radical (unpaired) electrons. The Morgan fingerprint density at radius 3 is 2.40 bits per heavy atom. The predicted octanol–water partition coefficient (Wildman–Crippen LogP) is 2.83. The third kappa shape index (κ3) is 2.54. The first kappa shape index (κ1) is 12.1. The van der Waals surface area contributed by atoms with E-state index in [9.17, 15) is 13.2 Å². The van der Waals surface area contributed by atoms with E-state index in [2.05, 4.69) is 4.74 Å². The number of methoxy groups -OCH3 is 1. The Morgan fingerprint density at radius 2 is 2.00 bits per heavy atom. The molecule has 0 aliphatic carbocycles. The number of benzene rings is 1. The average Bonchev–Trinajstić information content (AvgIpc) is 2.15. The maximum atomic E-state index is 12.6. The number of nitrogens with two attached hydrogens (primary N) is 1. The molecule has 0 fully saturated rings. The van der Waals surface area contributed by atoms with Gasteiger partial charge in [0.25, 0.3) is 0 Å². The van der Waals surface area contributed by atoms with Crippen molar-refractivity contribution >= 4 is 11.6 Å². The van der Waals surface area contributed by atoms with Gasteiger partial charge in [-0.25, -0.2) is 0 Å². The van der Waals surface area contributed by atoms with Crippen molar-refractivity contribution in [3.8, 4) is 5.75 Å². The number of hydrogen-bond acceptors (Lipinski definition) is 2. The minimum absolute atomic E-state index is 0.00715. The molecule has 0 spiro atoms. The van der Waals surface area contributed by atoms with Gasteiger partial charge in [0.2, 0.25) is 0 Å². The van der Waals surface area contributed by atoms with E-state index >= 15 is 0 Å². The van der Waals surface area contributed by atoms with Crippen LogP contribution in [0.25, 0.3) is 0 Å². The van der Waals surface area contributed by atoms with E-state index in [0.29, 0.717) is 5.56 Å². The van der Waals surface area contributed by atoms with Gasteiger partial charge >= 0.3 is 6.18 Å². The fraction of sp³-hybridized carbons (Fsp3) is 0.333. The van der Waals surface area contributed by atoms with Crippen molar-refractivity contribution in [1.82, 2.24) is 0 Å². The molecule has 0 saturated carbocycles. The molecule has 6 heteroatoms. The first-order chi connectivity index (χ1) is 6.90. The van der Waals surface area contributed by atoms with Crippen LogP contribution in [-0.4, -0.2) is 7.11 Å². The molecule has 0 bridgehead atoms. The fourth-order valence-corrected chi connectivity index (χ4v) is 1.50. The van der Waals surface area contributed by atoms with Crippen LogP contribution in [0.15, 0.2) is 12.1 Å². The van der Waals surface area contributed by atoms with Crippen molar-refractivity contribution in [3.05, 3.63) is 28.3 Å². The number of ether oxygens (including phenoxy) is 1. The van der Waals surface area contributed by atoms with Gasteiger partial charge in [0.15, 0.2) is 0 Å². The Labute approximate surface area is 89.8 Å². The van der Waals surface area contributed by atoms with Crippen LogP contribution in [0.4, 0.5) is 13.2 Å². The highest BCUT2D eigenvalue weighted by atomic mass is 35.5. The number of rotatable bonds is 2. The summed E-state index contributed by atoms with van der Waals surface area (Å²) in [6.07, 6.45) is -4.50. The minimum Gasteiger partial charge on any atom is -0.495 e. The van der Waals surface area contributed by atoms with Crippen LogP contribution < -0.4 is 10.5 Å². The first-order valence-electron chi connectivity index (χ1n) is 4.03. The molecule has 84 valence electrons. The molecule has 1 aromatic rings. The summed E-state index contributed by atoms with van der Waals surface area (Å²) in [4.78, 5) is 0. The molecule has 2 N–H and O–H groups in total. The van der Waals surface area contributed by atoms with Crippen LogP contribution in [0.3, 0.4) is 0 Å². The molecule has 15 heavy (non-hydrogen) atoms. The second-order valence-corrected chi connectivity index (χ2v) is 3.27. The van der Waals surface area contributed by atoms with E-state index in [1.807, 2.05) is 0 Å². The van der Waals surface area contributed by atoms with Crippen LogP contribution in [0.1, 0.15) is 11.1 Å². The minimum atomic E-state index is -4.50. The zero-order valence-electron chi connectivity index (χ0n) is 7.86. The lowest BCUT2D eigenvalue weighted by atomic mass is 10.1. The molecular weight excluding hydrogens is 231 g/mol. The first-order valence-corrected chi connectivity index (χ1v) is 4.41. The van der Waals surface area contributed by atoms with Crippen molar-refractivity contribution in [1.29, 1.82) is 0 Å². The highest BCUT2D eigenvalue weighted by molar-refractivity contribution is 6.32. The number of halogens is 4. The number of hydrogen-bond donors (Lipinski definition) is 1. The summed E-state index contributed by atoms with van der Waals surface area (Å²) in [5, 5.41) is -0.0900. The summed E-state index contributed by atoms with van der Waals surface area (Å²) in [7, 11) is 1.14. The summed E-state index contributed by atoms with van der Waals surface area (Å²) >= 11 is 5.64. The summed E-state index contributed by atoms with van der Waals surface area (Å²) in [6.45, 7) is -0.00715. The van der Waals surface area contributed by atoms with E-state index in [0.717, 1.165) is 13.2 Å². The topological polar surface area (TPSA) is 35.2 Å². The molecule has 0 aliphatic rings. The Morgan fingerprint density at radius 1 is 1.40 bits per heavy atom. The third-order valence-electron chi connectivity index (χ3n) is 1.85. The largest absolute Gasteiger partial charge is 0.495 e. The predicted molar refractivity (Wildman–Crippen MR) is 50.9 cm³/mol. The van der Waals surface area contributed by atoms with Crippen molar-refractivity contribution in [2.24, 2.45) is 5.73 Å². The average molecular weight is 240 g/mol. The van der Waals surface area contributed by atoms with Crippen molar-refractivity contribution in [3.63, 3.8) is 0 Å². The maximum Gasteiger partial charge on any atom is 0.420 e. The molecule has 0 aromatic heterocycles. The molecule has 0 unspecified atom stereocenters. The van der Waals surface area contributed by atoms with Crippen molar-refractivity contribution in [2.75, 3.05) is 7.11 Å². The van der Waals surface area contributed by atoms with Gasteiger partial charge in [-0.1, -0.05) is 11.6 Å². The second kappa shape index (κ2) is 4.28. The number of alkyl halides is 3. The Bertz CT molecular complexity index is 365. The van der Waals surface area contributed by atoms with Crippen LogP contribution in [0.5, 0.6) is 5.75 Å². The molecule has 2 nitrogen and oxygen atoms in total. The van der Waals surface area contributed by atoms with Crippen molar-refractivity contribution in [2.45, 2.75) is 12.7 Å². The second-order valence-electron chi connectivity index (χ2n) is 2.86. The SMILES string of the molecule is COc1c(Cl)cc(CN)cc1C(F)(F)F.